The van der Waals surface area contributed by atoms with Crippen molar-refractivity contribution in [2.75, 3.05) is 45.9 Å². The molecule has 0 bridgehead atoms. The number of aliphatic imine (C=N–C) groups is 1. The van der Waals surface area contributed by atoms with Crippen LogP contribution in [0.4, 0.5) is 0 Å². The minimum absolute atomic E-state index is 0. The van der Waals surface area contributed by atoms with Crippen LogP contribution in [0.15, 0.2) is 16.6 Å². The molecule has 2 aliphatic rings. The van der Waals surface area contributed by atoms with Gasteiger partial charge in [-0.15, -0.1) is 24.0 Å². The summed E-state index contributed by atoms with van der Waals surface area (Å²) in [6.45, 7) is 7.90. The zero-order valence-electron chi connectivity index (χ0n) is 14.7. The van der Waals surface area contributed by atoms with E-state index in [1.807, 2.05) is 4.90 Å². The van der Waals surface area contributed by atoms with Crippen molar-refractivity contribution in [1.82, 2.24) is 15.5 Å². The van der Waals surface area contributed by atoms with Crippen LogP contribution in [0.2, 0.25) is 0 Å². The van der Waals surface area contributed by atoms with Gasteiger partial charge in [0.2, 0.25) is 5.91 Å². The molecule has 0 aromatic carbocycles. The number of carbonyl (C=O) groups is 1. The van der Waals surface area contributed by atoms with E-state index in [1.54, 1.807) is 0 Å². The first-order valence-corrected chi connectivity index (χ1v) is 8.85. The second-order valence-corrected chi connectivity index (χ2v) is 5.96. The van der Waals surface area contributed by atoms with Crippen molar-refractivity contribution < 1.29 is 9.53 Å². The number of hydrogen-bond acceptors (Lipinski definition) is 3. The molecular weight excluding hydrogens is 419 g/mol. The Morgan fingerprint density at radius 1 is 1.38 bits per heavy atom. The van der Waals surface area contributed by atoms with Crippen LogP contribution < -0.4 is 10.6 Å². The Bertz CT molecular complexity index is 440. The summed E-state index contributed by atoms with van der Waals surface area (Å²) >= 11 is 0. The predicted molar refractivity (Wildman–Crippen MR) is 108 cm³/mol. The molecule has 2 heterocycles. The SMILES string of the molecule is CCNC(=NCCCN1CCCC1=O)NCCC1=CCOCC1.I. The van der Waals surface area contributed by atoms with Gasteiger partial charge in [-0.1, -0.05) is 11.6 Å². The number of ether oxygens (including phenoxy) is 1. The van der Waals surface area contributed by atoms with Crippen molar-refractivity contribution in [1.29, 1.82) is 0 Å². The zero-order chi connectivity index (χ0) is 16.3. The molecule has 0 spiro atoms. The summed E-state index contributed by atoms with van der Waals surface area (Å²) in [6.07, 6.45) is 6.91. The van der Waals surface area contributed by atoms with Gasteiger partial charge in [-0.25, -0.2) is 0 Å². The van der Waals surface area contributed by atoms with E-state index in [4.69, 9.17) is 4.74 Å². The maximum absolute atomic E-state index is 11.5. The summed E-state index contributed by atoms with van der Waals surface area (Å²) in [5.41, 5.74) is 1.46. The van der Waals surface area contributed by atoms with E-state index >= 15 is 0 Å². The van der Waals surface area contributed by atoms with Crippen molar-refractivity contribution >= 4 is 35.8 Å². The van der Waals surface area contributed by atoms with E-state index in [0.29, 0.717) is 12.3 Å². The number of likely N-dealkylation sites (tertiary alicyclic amines) is 1. The molecule has 0 aliphatic carbocycles. The van der Waals surface area contributed by atoms with Crippen LogP contribution in [-0.2, 0) is 9.53 Å². The average Bonchev–Trinajstić information content (AvgIpc) is 2.97. The molecule has 0 aromatic rings. The van der Waals surface area contributed by atoms with E-state index in [2.05, 4.69) is 28.6 Å². The summed E-state index contributed by atoms with van der Waals surface area (Å²) in [7, 11) is 0. The first-order chi connectivity index (χ1) is 11.3. The lowest BCUT2D eigenvalue weighted by molar-refractivity contribution is -0.127. The summed E-state index contributed by atoms with van der Waals surface area (Å²) < 4.78 is 5.32. The second-order valence-electron chi connectivity index (χ2n) is 5.96. The molecule has 6 nitrogen and oxygen atoms in total. The maximum atomic E-state index is 11.5. The van der Waals surface area contributed by atoms with Gasteiger partial charge in [-0.3, -0.25) is 9.79 Å². The van der Waals surface area contributed by atoms with Crippen LogP contribution >= 0.6 is 24.0 Å². The number of hydrogen-bond donors (Lipinski definition) is 2. The number of nitrogens with one attached hydrogen (secondary N) is 2. The number of rotatable bonds is 8. The fraction of sp³-hybridized carbons (Fsp3) is 0.765. The van der Waals surface area contributed by atoms with Crippen LogP contribution in [0.5, 0.6) is 0 Å². The molecular formula is C17H31IN4O2. The van der Waals surface area contributed by atoms with Gasteiger partial charge in [0.15, 0.2) is 5.96 Å². The van der Waals surface area contributed by atoms with Gasteiger partial charge in [0, 0.05) is 39.1 Å². The largest absolute Gasteiger partial charge is 0.377 e. The highest BCUT2D eigenvalue weighted by atomic mass is 127. The summed E-state index contributed by atoms with van der Waals surface area (Å²) in [5, 5.41) is 6.65. The highest BCUT2D eigenvalue weighted by molar-refractivity contribution is 14.0. The third-order valence-electron chi connectivity index (χ3n) is 4.17. The molecule has 1 saturated heterocycles. The molecule has 138 valence electrons. The van der Waals surface area contributed by atoms with Crippen molar-refractivity contribution in [3.8, 4) is 0 Å². The molecule has 2 rings (SSSR count). The van der Waals surface area contributed by atoms with E-state index < -0.39 is 0 Å². The number of amides is 1. The minimum Gasteiger partial charge on any atom is -0.377 e. The van der Waals surface area contributed by atoms with Crippen molar-refractivity contribution in [3.05, 3.63) is 11.6 Å². The molecule has 24 heavy (non-hydrogen) atoms. The van der Waals surface area contributed by atoms with E-state index in [9.17, 15) is 4.79 Å². The average molecular weight is 450 g/mol. The molecule has 2 N–H and O–H groups in total. The molecule has 2 aliphatic heterocycles. The van der Waals surface area contributed by atoms with Gasteiger partial charge in [-0.05, 0) is 32.6 Å². The normalized spacial score (nSPS) is 18.2. The Labute approximate surface area is 162 Å². The quantitative estimate of drug-likeness (QED) is 0.195. The first-order valence-electron chi connectivity index (χ1n) is 8.85. The molecule has 7 heteroatoms. The Hall–Kier alpha value is -0.830. The van der Waals surface area contributed by atoms with Crippen molar-refractivity contribution in [2.24, 2.45) is 4.99 Å². The van der Waals surface area contributed by atoms with Crippen LogP contribution in [-0.4, -0.2) is 62.7 Å². The van der Waals surface area contributed by atoms with Crippen LogP contribution in [0.1, 0.15) is 39.0 Å². The third kappa shape index (κ3) is 7.83. The standard InChI is InChI=1S/C17H30N4O2.HI/c1-2-18-17(20-10-6-15-7-13-23-14-8-15)19-9-4-12-21-11-3-5-16(21)22;/h7H,2-6,8-14H2,1H3,(H2,18,19,20);1H. The predicted octanol–water partition coefficient (Wildman–Crippen LogP) is 1.91. The fourth-order valence-electron chi connectivity index (χ4n) is 2.87. The maximum Gasteiger partial charge on any atom is 0.222 e. The van der Waals surface area contributed by atoms with Gasteiger partial charge < -0.3 is 20.3 Å². The highest BCUT2D eigenvalue weighted by Crippen LogP contribution is 2.11. The second kappa shape index (κ2) is 12.5. The Balaban J connectivity index is 0.00000288. The Morgan fingerprint density at radius 3 is 2.92 bits per heavy atom. The number of guanidine groups is 1. The molecule has 0 unspecified atom stereocenters. The van der Waals surface area contributed by atoms with E-state index in [0.717, 1.165) is 77.6 Å². The molecule has 0 saturated carbocycles. The minimum atomic E-state index is 0. The third-order valence-corrected chi connectivity index (χ3v) is 4.17. The van der Waals surface area contributed by atoms with Gasteiger partial charge in [-0.2, -0.15) is 0 Å². The van der Waals surface area contributed by atoms with Crippen molar-refractivity contribution in [3.63, 3.8) is 0 Å². The van der Waals surface area contributed by atoms with Crippen LogP contribution in [0, 0.1) is 0 Å². The van der Waals surface area contributed by atoms with Gasteiger partial charge in [0.1, 0.15) is 0 Å². The highest BCUT2D eigenvalue weighted by Gasteiger charge is 2.18. The number of nitrogens with zero attached hydrogens (tertiary/aromatic N) is 2. The molecule has 0 radical (unpaired) electrons. The molecule has 1 amide bonds. The number of carbonyl (C=O) groups excluding carboxylic acids is 1. The fourth-order valence-corrected chi connectivity index (χ4v) is 2.87. The zero-order valence-corrected chi connectivity index (χ0v) is 17.0. The monoisotopic (exact) mass is 450 g/mol. The van der Waals surface area contributed by atoms with Gasteiger partial charge >= 0.3 is 0 Å². The molecule has 0 atom stereocenters. The topological polar surface area (TPSA) is 66.0 Å². The lowest BCUT2D eigenvalue weighted by atomic mass is 10.1. The summed E-state index contributed by atoms with van der Waals surface area (Å²) in [6, 6.07) is 0. The summed E-state index contributed by atoms with van der Waals surface area (Å²) in [4.78, 5) is 18.1. The van der Waals surface area contributed by atoms with E-state index in [1.165, 1.54) is 5.57 Å². The molecule has 1 fully saturated rings. The van der Waals surface area contributed by atoms with Gasteiger partial charge in [0.25, 0.3) is 0 Å². The summed E-state index contributed by atoms with van der Waals surface area (Å²) in [5.74, 6) is 1.16. The molecule has 0 aromatic heterocycles. The van der Waals surface area contributed by atoms with Crippen LogP contribution in [0.25, 0.3) is 0 Å². The number of halogens is 1. The smallest absolute Gasteiger partial charge is 0.222 e. The van der Waals surface area contributed by atoms with Gasteiger partial charge in [0.05, 0.1) is 13.2 Å². The van der Waals surface area contributed by atoms with E-state index in [-0.39, 0.29) is 24.0 Å². The van der Waals surface area contributed by atoms with Crippen molar-refractivity contribution in [2.45, 2.75) is 39.0 Å². The Morgan fingerprint density at radius 2 is 2.25 bits per heavy atom. The first kappa shape index (κ1) is 21.2. The lowest BCUT2D eigenvalue weighted by Gasteiger charge is -2.16. The lowest BCUT2D eigenvalue weighted by Crippen LogP contribution is -2.38. The Kier molecular flexibility index (Phi) is 11.1. The van der Waals surface area contributed by atoms with Crippen LogP contribution in [0.3, 0.4) is 0 Å².